The Morgan fingerprint density at radius 1 is 1.19 bits per heavy atom. The Balaban J connectivity index is 1.48. The molecule has 3 fully saturated rings. The summed E-state index contributed by atoms with van der Waals surface area (Å²) in [5, 5.41) is 10.3. The van der Waals surface area contributed by atoms with E-state index in [0.29, 0.717) is 10.8 Å². The molecule has 0 bridgehead atoms. The van der Waals surface area contributed by atoms with Crippen LogP contribution in [0.3, 0.4) is 0 Å². The van der Waals surface area contributed by atoms with E-state index >= 15 is 0 Å². The fraction of sp³-hybridized carbons (Fsp3) is 0.800. The van der Waals surface area contributed by atoms with Crippen LogP contribution in [-0.4, -0.2) is 11.2 Å². The highest BCUT2D eigenvalue weighted by Gasteiger charge is 2.59. The molecule has 0 aliphatic heterocycles. The average molecular weight is 425 g/mol. The summed E-state index contributed by atoms with van der Waals surface area (Å²) in [7, 11) is 0. The molecule has 31 heavy (non-hydrogen) atoms. The summed E-state index contributed by atoms with van der Waals surface area (Å²) in [5.41, 5.74) is 5.27. The molecular formula is C30H48O. The molecule has 0 saturated heterocycles. The van der Waals surface area contributed by atoms with Crippen LogP contribution < -0.4 is 0 Å². The third-order valence-electron chi connectivity index (χ3n) is 10.7. The Hall–Kier alpha value is -0.820. The Kier molecular flexibility index (Phi) is 6.66. The number of aliphatic hydroxyl groups is 1. The third kappa shape index (κ3) is 4.03. The molecule has 3 saturated carbocycles. The van der Waals surface area contributed by atoms with Crippen LogP contribution in [0.1, 0.15) is 105 Å². The van der Waals surface area contributed by atoms with Crippen molar-refractivity contribution in [3.05, 3.63) is 35.5 Å². The van der Waals surface area contributed by atoms with E-state index in [0.717, 1.165) is 48.9 Å². The van der Waals surface area contributed by atoms with Crippen molar-refractivity contribution in [2.45, 2.75) is 111 Å². The first-order chi connectivity index (χ1) is 14.7. The van der Waals surface area contributed by atoms with E-state index in [1.165, 1.54) is 62.5 Å². The number of hydrogen-bond acceptors (Lipinski definition) is 1. The molecule has 0 aromatic heterocycles. The highest BCUT2D eigenvalue weighted by atomic mass is 16.3. The molecule has 1 nitrogen and oxygen atoms in total. The van der Waals surface area contributed by atoms with Gasteiger partial charge in [-0.05, 0) is 124 Å². The molecule has 0 spiro atoms. The van der Waals surface area contributed by atoms with Gasteiger partial charge in [-0.3, -0.25) is 0 Å². The second-order valence-electron chi connectivity index (χ2n) is 12.3. The number of hydrogen-bond donors (Lipinski definition) is 1. The van der Waals surface area contributed by atoms with Crippen molar-refractivity contribution in [1.29, 1.82) is 0 Å². The van der Waals surface area contributed by atoms with Gasteiger partial charge in [-0.1, -0.05) is 57.6 Å². The first-order valence-corrected chi connectivity index (χ1v) is 13.4. The van der Waals surface area contributed by atoms with Gasteiger partial charge in [0.15, 0.2) is 0 Å². The molecule has 0 aromatic carbocycles. The minimum absolute atomic E-state index is 0.0905. The Morgan fingerprint density at radius 3 is 2.68 bits per heavy atom. The van der Waals surface area contributed by atoms with E-state index in [1.54, 1.807) is 5.57 Å². The lowest BCUT2D eigenvalue weighted by Crippen LogP contribution is -2.50. The Morgan fingerprint density at radius 2 is 1.97 bits per heavy atom. The van der Waals surface area contributed by atoms with Crippen LogP contribution in [-0.2, 0) is 0 Å². The third-order valence-corrected chi connectivity index (χ3v) is 10.7. The van der Waals surface area contributed by atoms with Gasteiger partial charge in [-0.15, -0.1) is 0 Å². The lowest BCUT2D eigenvalue weighted by molar-refractivity contribution is -0.0571. The lowest BCUT2D eigenvalue weighted by atomic mass is 9.47. The summed E-state index contributed by atoms with van der Waals surface area (Å²) in [6.45, 7) is 16.4. The van der Waals surface area contributed by atoms with Crippen LogP contribution in [0.25, 0.3) is 0 Å². The number of fused-ring (bicyclic) bond motifs is 5. The molecule has 0 unspecified atom stereocenters. The van der Waals surface area contributed by atoms with Gasteiger partial charge in [-0.25, -0.2) is 0 Å². The van der Waals surface area contributed by atoms with E-state index in [-0.39, 0.29) is 6.10 Å². The maximum absolute atomic E-state index is 10.3. The summed E-state index contributed by atoms with van der Waals surface area (Å²) in [4.78, 5) is 0. The maximum atomic E-state index is 10.3. The quantitative estimate of drug-likeness (QED) is 0.336. The fourth-order valence-corrected chi connectivity index (χ4v) is 8.94. The van der Waals surface area contributed by atoms with Crippen LogP contribution in [0, 0.1) is 40.4 Å². The zero-order chi connectivity index (χ0) is 22.4. The summed E-state index contributed by atoms with van der Waals surface area (Å²) in [6.07, 6.45) is 18.7. The van der Waals surface area contributed by atoms with Crippen LogP contribution in [0.5, 0.6) is 0 Å². The second-order valence-corrected chi connectivity index (χ2v) is 12.3. The maximum Gasteiger partial charge on any atom is 0.0577 e. The van der Waals surface area contributed by atoms with Crippen molar-refractivity contribution in [1.82, 2.24) is 0 Å². The van der Waals surface area contributed by atoms with Crippen molar-refractivity contribution in [3.63, 3.8) is 0 Å². The van der Waals surface area contributed by atoms with Crippen molar-refractivity contribution in [2.75, 3.05) is 0 Å². The van der Waals surface area contributed by atoms with Crippen molar-refractivity contribution < 1.29 is 5.11 Å². The predicted octanol–water partition coefficient (Wildman–Crippen LogP) is 8.26. The molecule has 0 radical (unpaired) electrons. The highest BCUT2D eigenvalue weighted by Crippen LogP contribution is 2.67. The minimum atomic E-state index is -0.0905. The molecule has 4 aliphatic carbocycles. The standard InChI is InChI=1S/C30H48O/c1-7-8-22(20(2)3)10-9-21(4)26-13-14-27-25-12-11-23-19-24(31)15-17-29(23,5)28(25)16-18-30(26,27)6/h8,11,21,24-28,31H,2,7,9-10,12-19H2,1,3-6H3/t21-,24+,25+,26-,27+,28+,29+,30-/m1/s1. The van der Waals surface area contributed by atoms with E-state index in [9.17, 15) is 5.11 Å². The molecule has 4 aliphatic rings. The molecule has 0 aromatic rings. The highest BCUT2D eigenvalue weighted by molar-refractivity contribution is 5.27. The van der Waals surface area contributed by atoms with Gasteiger partial charge in [-0.2, -0.15) is 0 Å². The summed E-state index contributed by atoms with van der Waals surface area (Å²) in [5.74, 6) is 4.34. The normalized spacial score (nSPS) is 43.5. The molecule has 174 valence electrons. The van der Waals surface area contributed by atoms with Gasteiger partial charge < -0.3 is 5.11 Å². The summed E-state index contributed by atoms with van der Waals surface area (Å²) in [6, 6.07) is 0. The number of rotatable bonds is 6. The van der Waals surface area contributed by atoms with Crippen molar-refractivity contribution in [3.8, 4) is 0 Å². The summed E-state index contributed by atoms with van der Waals surface area (Å²) < 4.78 is 0. The van der Waals surface area contributed by atoms with Gasteiger partial charge in [0.05, 0.1) is 6.10 Å². The van der Waals surface area contributed by atoms with Crippen LogP contribution >= 0.6 is 0 Å². The molecule has 1 heteroatoms. The molecular weight excluding hydrogens is 376 g/mol. The van der Waals surface area contributed by atoms with E-state index in [1.807, 2.05) is 0 Å². The Labute approximate surface area is 192 Å². The van der Waals surface area contributed by atoms with E-state index in [4.69, 9.17) is 0 Å². The summed E-state index contributed by atoms with van der Waals surface area (Å²) >= 11 is 0. The van der Waals surface area contributed by atoms with E-state index in [2.05, 4.69) is 53.3 Å². The molecule has 1 N–H and O–H groups in total. The second kappa shape index (κ2) is 8.85. The zero-order valence-electron chi connectivity index (χ0n) is 21.1. The molecule has 0 heterocycles. The van der Waals surface area contributed by atoms with E-state index < -0.39 is 0 Å². The van der Waals surface area contributed by atoms with Crippen molar-refractivity contribution in [2.24, 2.45) is 40.4 Å². The largest absolute Gasteiger partial charge is 0.393 e. The van der Waals surface area contributed by atoms with Crippen LogP contribution in [0.4, 0.5) is 0 Å². The monoisotopic (exact) mass is 424 g/mol. The first-order valence-electron chi connectivity index (χ1n) is 13.4. The molecule has 4 rings (SSSR count). The predicted molar refractivity (Wildman–Crippen MR) is 133 cm³/mol. The SMILES string of the molecule is C=C(C)C(=CCC)CC[C@@H](C)[C@H]1CC[C@H]2[C@@H]3CC=C4C[C@@H](O)CC[C@]4(C)[C@H]3CC[C@]12C. The molecule has 0 amide bonds. The zero-order valence-corrected chi connectivity index (χ0v) is 21.1. The molecule has 8 atom stereocenters. The average Bonchev–Trinajstić information content (AvgIpc) is 3.08. The number of aliphatic hydroxyl groups excluding tert-OH is 1. The van der Waals surface area contributed by atoms with Gasteiger partial charge in [0.25, 0.3) is 0 Å². The van der Waals surface area contributed by atoms with Crippen LogP contribution in [0.15, 0.2) is 35.5 Å². The topological polar surface area (TPSA) is 20.2 Å². The lowest BCUT2D eigenvalue weighted by Gasteiger charge is -2.58. The minimum Gasteiger partial charge on any atom is -0.393 e. The van der Waals surface area contributed by atoms with Gasteiger partial charge in [0, 0.05) is 0 Å². The number of allylic oxidation sites excluding steroid dienone is 4. The fourth-order valence-electron chi connectivity index (χ4n) is 8.94. The Bertz CT molecular complexity index is 744. The van der Waals surface area contributed by atoms with Crippen LogP contribution in [0.2, 0.25) is 0 Å². The van der Waals surface area contributed by atoms with Crippen molar-refractivity contribution >= 4 is 0 Å². The smallest absolute Gasteiger partial charge is 0.0577 e. The van der Waals surface area contributed by atoms with Gasteiger partial charge in [0.1, 0.15) is 0 Å². The first kappa shape index (κ1) is 23.3. The van der Waals surface area contributed by atoms with Gasteiger partial charge in [0.2, 0.25) is 0 Å². The van der Waals surface area contributed by atoms with Gasteiger partial charge >= 0.3 is 0 Å².